The first-order valence-corrected chi connectivity index (χ1v) is 5.82. The van der Waals surface area contributed by atoms with Crippen molar-refractivity contribution in [1.29, 1.82) is 0 Å². The molecule has 1 aliphatic carbocycles. The van der Waals surface area contributed by atoms with Crippen LogP contribution in [-0.4, -0.2) is 30.3 Å². The first kappa shape index (κ1) is 12.4. The molecule has 0 spiro atoms. The summed E-state index contributed by atoms with van der Waals surface area (Å²) in [6.45, 7) is 6.76. The molecule has 0 N–H and O–H groups in total. The Bertz CT molecular complexity index is 246. The Labute approximate surface area is 93.3 Å². The van der Waals surface area contributed by atoms with Crippen LogP contribution in [-0.2, 0) is 4.79 Å². The molecule has 0 atom stereocenters. The van der Waals surface area contributed by atoms with Crippen molar-refractivity contribution < 1.29 is 4.79 Å². The molecule has 0 amide bonds. The van der Waals surface area contributed by atoms with E-state index in [0.29, 0.717) is 0 Å². The third-order valence-electron chi connectivity index (χ3n) is 3.10. The van der Waals surface area contributed by atoms with Gasteiger partial charge in [0.2, 0.25) is 0 Å². The molecule has 0 aromatic carbocycles. The van der Waals surface area contributed by atoms with Gasteiger partial charge in [0.15, 0.2) is 5.78 Å². The third-order valence-corrected chi connectivity index (χ3v) is 3.10. The van der Waals surface area contributed by atoms with E-state index in [1.54, 1.807) is 6.08 Å². The summed E-state index contributed by atoms with van der Waals surface area (Å²) < 4.78 is 0. The minimum atomic E-state index is -0.245. The van der Waals surface area contributed by atoms with Gasteiger partial charge in [-0.15, -0.1) is 0 Å². The molecule has 0 radical (unpaired) electrons. The van der Waals surface area contributed by atoms with Crippen LogP contribution in [0.1, 0.15) is 40.0 Å². The van der Waals surface area contributed by atoms with Crippen LogP contribution in [0.15, 0.2) is 12.2 Å². The van der Waals surface area contributed by atoms with Crippen LogP contribution in [0.5, 0.6) is 0 Å². The minimum Gasteiger partial charge on any atom is -0.300 e. The number of rotatable bonds is 4. The highest BCUT2D eigenvalue weighted by Crippen LogP contribution is 2.23. The number of nitrogens with zero attached hydrogens (tertiary/aromatic N) is 1. The maximum Gasteiger partial charge on any atom is 0.160 e. The van der Waals surface area contributed by atoms with Gasteiger partial charge in [-0.3, -0.25) is 9.69 Å². The van der Waals surface area contributed by atoms with E-state index in [0.717, 1.165) is 12.6 Å². The van der Waals surface area contributed by atoms with Crippen molar-refractivity contribution >= 4 is 5.78 Å². The normalized spacial score (nSPS) is 18.5. The van der Waals surface area contributed by atoms with Crippen LogP contribution >= 0.6 is 0 Å². The number of allylic oxidation sites excluding steroid dienone is 1. The molecule has 1 saturated carbocycles. The molecule has 2 heteroatoms. The highest BCUT2D eigenvalue weighted by molar-refractivity contribution is 5.93. The Kier molecular flexibility index (Phi) is 4.09. The largest absolute Gasteiger partial charge is 0.300 e. The Hall–Kier alpha value is -0.630. The second-order valence-corrected chi connectivity index (χ2v) is 5.54. The quantitative estimate of drug-likeness (QED) is 0.663. The number of hydrogen-bond acceptors (Lipinski definition) is 2. The lowest BCUT2D eigenvalue weighted by atomic mass is 9.90. The van der Waals surface area contributed by atoms with Gasteiger partial charge in [-0.1, -0.05) is 33.3 Å². The summed E-state index contributed by atoms with van der Waals surface area (Å²) in [6, 6.07) is 0.749. The summed E-state index contributed by atoms with van der Waals surface area (Å²) in [7, 11) is 2.13. The van der Waals surface area contributed by atoms with Crippen molar-refractivity contribution in [2.75, 3.05) is 13.6 Å². The zero-order valence-electron chi connectivity index (χ0n) is 10.4. The van der Waals surface area contributed by atoms with Crippen LogP contribution in [0.25, 0.3) is 0 Å². The fourth-order valence-electron chi connectivity index (χ4n) is 1.55. The molecule has 15 heavy (non-hydrogen) atoms. The molecule has 2 nitrogen and oxygen atoms in total. The van der Waals surface area contributed by atoms with Gasteiger partial charge in [-0.25, -0.2) is 0 Å². The van der Waals surface area contributed by atoms with E-state index in [1.807, 2.05) is 26.8 Å². The number of hydrogen-bond donors (Lipinski definition) is 0. The number of carbonyl (C=O) groups excluding carboxylic acids is 1. The smallest absolute Gasteiger partial charge is 0.160 e. The number of likely N-dealkylation sites (N-methyl/N-ethyl adjacent to an activating group) is 1. The molecular weight excluding hydrogens is 186 g/mol. The summed E-state index contributed by atoms with van der Waals surface area (Å²) >= 11 is 0. The average molecular weight is 209 g/mol. The second kappa shape index (κ2) is 4.93. The SMILES string of the molecule is CN(C/C=C/C(=O)C(C)(C)C)C1CCC1. The highest BCUT2D eigenvalue weighted by atomic mass is 16.1. The standard InChI is InChI=1S/C13H23NO/c1-13(2,3)12(15)9-6-10-14(4)11-7-5-8-11/h6,9,11H,5,7-8,10H2,1-4H3/b9-6+. The molecule has 0 unspecified atom stereocenters. The first-order chi connectivity index (χ1) is 6.91. The summed E-state index contributed by atoms with van der Waals surface area (Å²) in [5.41, 5.74) is -0.245. The van der Waals surface area contributed by atoms with Crippen LogP contribution in [0, 0.1) is 5.41 Å². The van der Waals surface area contributed by atoms with Gasteiger partial charge in [0.1, 0.15) is 0 Å². The monoisotopic (exact) mass is 209 g/mol. The third kappa shape index (κ3) is 3.78. The zero-order valence-corrected chi connectivity index (χ0v) is 10.4. The Morgan fingerprint density at radius 3 is 2.40 bits per heavy atom. The van der Waals surface area contributed by atoms with E-state index in [2.05, 4.69) is 11.9 Å². The molecule has 0 aromatic heterocycles. The molecule has 0 bridgehead atoms. The van der Waals surface area contributed by atoms with Gasteiger partial charge in [-0.2, -0.15) is 0 Å². The molecular formula is C13H23NO. The predicted octanol–water partition coefficient (Wildman–Crippen LogP) is 2.64. The topological polar surface area (TPSA) is 20.3 Å². The van der Waals surface area contributed by atoms with Gasteiger partial charge in [0.05, 0.1) is 0 Å². The van der Waals surface area contributed by atoms with Crippen LogP contribution in [0.2, 0.25) is 0 Å². The molecule has 1 fully saturated rings. The van der Waals surface area contributed by atoms with Crippen molar-refractivity contribution in [1.82, 2.24) is 4.90 Å². The van der Waals surface area contributed by atoms with E-state index in [-0.39, 0.29) is 11.2 Å². The average Bonchev–Trinajstić information content (AvgIpc) is 1.98. The van der Waals surface area contributed by atoms with Gasteiger partial charge >= 0.3 is 0 Å². The van der Waals surface area contributed by atoms with E-state index in [1.165, 1.54) is 19.3 Å². The molecule has 0 aromatic rings. The maximum atomic E-state index is 11.6. The van der Waals surface area contributed by atoms with Crippen LogP contribution < -0.4 is 0 Å². The number of carbonyl (C=O) groups is 1. The van der Waals surface area contributed by atoms with Gasteiger partial charge < -0.3 is 0 Å². The van der Waals surface area contributed by atoms with Gasteiger partial charge in [-0.05, 0) is 26.0 Å². The lowest BCUT2D eigenvalue weighted by molar-refractivity contribution is -0.121. The van der Waals surface area contributed by atoms with E-state index in [4.69, 9.17) is 0 Å². The lowest BCUT2D eigenvalue weighted by Gasteiger charge is -2.34. The van der Waals surface area contributed by atoms with Gasteiger partial charge in [0, 0.05) is 18.0 Å². The van der Waals surface area contributed by atoms with Crippen LogP contribution in [0.3, 0.4) is 0 Å². The molecule has 1 rings (SSSR count). The molecule has 0 saturated heterocycles. The maximum absolute atomic E-state index is 11.6. The summed E-state index contributed by atoms with van der Waals surface area (Å²) in [5, 5.41) is 0. The minimum absolute atomic E-state index is 0.213. The second-order valence-electron chi connectivity index (χ2n) is 5.54. The van der Waals surface area contributed by atoms with Crippen molar-refractivity contribution in [2.24, 2.45) is 5.41 Å². The van der Waals surface area contributed by atoms with Crippen molar-refractivity contribution in [3.05, 3.63) is 12.2 Å². The van der Waals surface area contributed by atoms with Crippen molar-refractivity contribution in [3.8, 4) is 0 Å². The predicted molar refractivity (Wildman–Crippen MR) is 63.9 cm³/mol. The highest BCUT2D eigenvalue weighted by Gasteiger charge is 2.21. The van der Waals surface area contributed by atoms with E-state index >= 15 is 0 Å². The fraction of sp³-hybridized carbons (Fsp3) is 0.769. The van der Waals surface area contributed by atoms with Crippen molar-refractivity contribution in [2.45, 2.75) is 46.1 Å². The lowest BCUT2D eigenvalue weighted by Crippen LogP contribution is -2.37. The number of ketones is 1. The Morgan fingerprint density at radius 1 is 1.40 bits per heavy atom. The molecule has 0 heterocycles. The zero-order chi connectivity index (χ0) is 11.5. The molecule has 86 valence electrons. The first-order valence-electron chi connectivity index (χ1n) is 5.82. The molecule has 0 aliphatic heterocycles. The van der Waals surface area contributed by atoms with E-state index < -0.39 is 0 Å². The Morgan fingerprint density at radius 2 is 2.00 bits per heavy atom. The van der Waals surface area contributed by atoms with Crippen molar-refractivity contribution in [3.63, 3.8) is 0 Å². The van der Waals surface area contributed by atoms with Gasteiger partial charge in [0.25, 0.3) is 0 Å². The Balaban J connectivity index is 2.29. The molecule has 1 aliphatic rings. The summed E-state index contributed by atoms with van der Waals surface area (Å²) in [4.78, 5) is 13.9. The summed E-state index contributed by atoms with van der Waals surface area (Å²) in [5.74, 6) is 0.213. The van der Waals surface area contributed by atoms with Crippen LogP contribution in [0.4, 0.5) is 0 Å². The summed E-state index contributed by atoms with van der Waals surface area (Å²) in [6.07, 6.45) is 7.72. The van der Waals surface area contributed by atoms with E-state index in [9.17, 15) is 4.79 Å². The fourth-order valence-corrected chi connectivity index (χ4v) is 1.55.